The van der Waals surface area contributed by atoms with Gasteiger partial charge >= 0.3 is 0 Å². The quantitative estimate of drug-likeness (QED) is 0.772. The Hall–Kier alpha value is -2.16. The minimum Gasteiger partial charge on any atom is -0.234 e. The van der Waals surface area contributed by atoms with Crippen molar-refractivity contribution >= 4 is 5.65 Å². The Labute approximate surface area is 120 Å². The lowest BCUT2D eigenvalue weighted by Gasteiger charge is -2.04. The predicted molar refractivity (Wildman–Crippen MR) is 84.0 cm³/mol. The lowest BCUT2D eigenvalue weighted by molar-refractivity contribution is 0.849. The number of aromatic nitrogens is 3. The van der Waals surface area contributed by atoms with Gasteiger partial charge in [-0.05, 0) is 31.9 Å². The monoisotopic (exact) mass is 267 g/mol. The van der Waals surface area contributed by atoms with Crippen molar-refractivity contribution in [2.45, 2.75) is 33.6 Å². The maximum absolute atomic E-state index is 4.69. The van der Waals surface area contributed by atoms with Crippen LogP contribution in [0.1, 0.15) is 29.6 Å². The zero-order valence-corrected chi connectivity index (χ0v) is 12.5. The van der Waals surface area contributed by atoms with Gasteiger partial charge in [-0.3, -0.25) is 0 Å². The smallest absolute Gasteiger partial charge is 0.159 e. The molecule has 0 saturated heterocycles. The van der Waals surface area contributed by atoms with Gasteiger partial charge in [0.25, 0.3) is 0 Å². The first-order chi connectivity index (χ1) is 9.60. The maximum atomic E-state index is 4.69. The summed E-state index contributed by atoms with van der Waals surface area (Å²) < 4.78 is 1.94. The van der Waals surface area contributed by atoms with Gasteiger partial charge in [-0.1, -0.05) is 38.3 Å². The highest BCUT2D eigenvalue weighted by atomic mass is 15.3. The Kier molecular flexibility index (Phi) is 4.18. The first kappa shape index (κ1) is 14.3. The van der Waals surface area contributed by atoms with E-state index < -0.39 is 0 Å². The van der Waals surface area contributed by atoms with E-state index in [-0.39, 0.29) is 0 Å². The summed E-state index contributed by atoms with van der Waals surface area (Å²) >= 11 is 0. The van der Waals surface area contributed by atoms with Crippen LogP contribution in [0.2, 0.25) is 0 Å². The Morgan fingerprint density at radius 1 is 1.35 bits per heavy atom. The fraction of sp³-hybridized carbons (Fsp3) is 0.294. The van der Waals surface area contributed by atoms with Crippen molar-refractivity contribution in [1.82, 2.24) is 14.6 Å². The standard InChI is InChI=1S/C17H21N3/c1-6-9-14(7-2)11-15-16(8-3)19-20-13(5)10-12(4)18-17(15)20/h6-7,9-10H,1-2,8,11H2,3-5H3. The molecule has 104 valence electrons. The molecule has 0 aliphatic carbocycles. The third-order valence-electron chi connectivity index (χ3n) is 3.38. The summed E-state index contributed by atoms with van der Waals surface area (Å²) in [5, 5.41) is 4.69. The molecule has 3 heteroatoms. The molecule has 0 N–H and O–H groups in total. The van der Waals surface area contributed by atoms with Crippen molar-refractivity contribution < 1.29 is 0 Å². The summed E-state index contributed by atoms with van der Waals surface area (Å²) in [4.78, 5) is 4.67. The van der Waals surface area contributed by atoms with Crippen molar-refractivity contribution in [2.75, 3.05) is 0 Å². The van der Waals surface area contributed by atoms with Crippen molar-refractivity contribution in [3.8, 4) is 0 Å². The average molecular weight is 267 g/mol. The highest BCUT2D eigenvalue weighted by Crippen LogP contribution is 2.21. The molecular weight excluding hydrogens is 246 g/mol. The van der Waals surface area contributed by atoms with Crippen LogP contribution in [0.3, 0.4) is 0 Å². The van der Waals surface area contributed by atoms with E-state index in [1.54, 1.807) is 6.08 Å². The van der Waals surface area contributed by atoms with Crippen LogP contribution < -0.4 is 0 Å². The fourth-order valence-corrected chi connectivity index (χ4v) is 2.43. The second kappa shape index (κ2) is 5.87. The maximum Gasteiger partial charge on any atom is 0.159 e. The minimum atomic E-state index is 0.790. The molecule has 0 unspecified atom stereocenters. The first-order valence-electron chi connectivity index (χ1n) is 6.89. The van der Waals surface area contributed by atoms with Crippen LogP contribution >= 0.6 is 0 Å². The van der Waals surface area contributed by atoms with Gasteiger partial charge in [0.15, 0.2) is 5.65 Å². The van der Waals surface area contributed by atoms with E-state index >= 15 is 0 Å². The molecule has 0 aliphatic heterocycles. The molecule has 0 atom stereocenters. The SMILES string of the molecule is C=CC=C(C=C)Cc1c(CC)nn2c(C)cc(C)nc12. The van der Waals surface area contributed by atoms with E-state index in [4.69, 9.17) is 0 Å². The van der Waals surface area contributed by atoms with Crippen molar-refractivity contribution in [3.63, 3.8) is 0 Å². The highest BCUT2D eigenvalue weighted by Gasteiger charge is 2.15. The van der Waals surface area contributed by atoms with E-state index in [9.17, 15) is 0 Å². The summed E-state index contributed by atoms with van der Waals surface area (Å²) in [5.41, 5.74) is 6.50. The zero-order valence-electron chi connectivity index (χ0n) is 12.5. The largest absolute Gasteiger partial charge is 0.234 e. The van der Waals surface area contributed by atoms with Crippen LogP contribution in [0.4, 0.5) is 0 Å². The van der Waals surface area contributed by atoms with Gasteiger partial charge in [0.1, 0.15) is 0 Å². The van der Waals surface area contributed by atoms with Crippen LogP contribution in [0.5, 0.6) is 0 Å². The molecule has 0 aromatic carbocycles. The summed E-state index contributed by atoms with van der Waals surface area (Å²) in [6, 6.07) is 2.05. The second-order valence-corrected chi connectivity index (χ2v) is 4.91. The van der Waals surface area contributed by atoms with Gasteiger partial charge in [-0.25, -0.2) is 9.50 Å². The third-order valence-corrected chi connectivity index (χ3v) is 3.38. The number of hydrogen-bond acceptors (Lipinski definition) is 2. The number of fused-ring (bicyclic) bond motifs is 1. The Balaban J connectivity index is 2.64. The lowest BCUT2D eigenvalue weighted by atomic mass is 10.0. The number of rotatable bonds is 5. The van der Waals surface area contributed by atoms with E-state index in [1.807, 2.05) is 23.6 Å². The van der Waals surface area contributed by atoms with Crippen molar-refractivity contribution in [1.29, 1.82) is 0 Å². The van der Waals surface area contributed by atoms with Crippen LogP contribution in [0, 0.1) is 13.8 Å². The van der Waals surface area contributed by atoms with E-state index in [1.165, 1.54) is 5.56 Å². The Bertz CT molecular complexity index is 690. The van der Waals surface area contributed by atoms with E-state index in [2.05, 4.69) is 43.2 Å². The van der Waals surface area contributed by atoms with Crippen molar-refractivity contribution in [3.05, 3.63) is 65.7 Å². The summed E-state index contributed by atoms with van der Waals surface area (Å²) in [5.74, 6) is 0. The number of nitrogens with zero attached hydrogens (tertiary/aromatic N) is 3. The normalized spacial score (nSPS) is 11.8. The van der Waals surface area contributed by atoms with Crippen LogP contribution in [-0.2, 0) is 12.8 Å². The molecule has 2 aromatic rings. The van der Waals surface area contributed by atoms with E-state index in [0.29, 0.717) is 0 Å². The van der Waals surface area contributed by atoms with Crippen LogP contribution in [0.25, 0.3) is 5.65 Å². The molecule has 20 heavy (non-hydrogen) atoms. The van der Waals surface area contributed by atoms with E-state index in [0.717, 1.165) is 41.1 Å². The molecule has 0 spiro atoms. The van der Waals surface area contributed by atoms with Gasteiger partial charge in [-0.15, -0.1) is 0 Å². The zero-order chi connectivity index (χ0) is 14.7. The number of allylic oxidation sites excluding steroid dienone is 4. The Morgan fingerprint density at radius 3 is 2.70 bits per heavy atom. The highest BCUT2D eigenvalue weighted by molar-refractivity contribution is 5.54. The molecule has 3 nitrogen and oxygen atoms in total. The molecule has 0 aliphatic rings. The minimum absolute atomic E-state index is 0.790. The van der Waals surface area contributed by atoms with Crippen molar-refractivity contribution in [2.24, 2.45) is 0 Å². The molecule has 2 rings (SSSR count). The molecule has 2 aromatic heterocycles. The third kappa shape index (κ3) is 2.57. The Morgan fingerprint density at radius 2 is 2.10 bits per heavy atom. The number of aryl methyl sites for hydroxylation is 3. The molecule has 0 fully saturated rings. The van der Waals surface area contributed by atoms with Gasteiger partial charge in [0.05, 0.1) is 5.69 Å². The molecule has 0 bridgehead atoms. The lowest BCUT2D eigenvalue weighted by Crippen LogP contribution is -1.98. The van der Waals surface area contributed by atoms with Crippen LogP contribution in [0.15, 0.2) is 43.0 Å². The average Bonchev–Trinajstić information content (AvgIpc) is 2.76. The summed E-state index contributed by atoms with van der Waals surface area (Å²) in [6.07, 6.45) is 7.33. The summed E-state index contributed by atoms with van der Waals surface area (Å²) in [6.45, 7) is 13.8. The predicted octanol–water partition coefficient (Wildman–Crippen LogP) is 3.75. The fourth-order valence-electron chi connectivity index (χ4n) is 2.43. The first-order valence-corrected chi connectivity index (χ1v) is 6.89. The van der Waals surface area contributed by atoms with Gasteiger partial charge in [0, 0.05) is 23.4 Å². The van der Waals surface area contributed by atoms with Crippen LogP contribution in [-0.4, -0.2) is 14.6 Å². The molecule has 0 saturated carbocycles. The topological polar surface area (TPSA) is 30.2 Å². The summed E-state index contributed by atoms with van der Waals surface area (Å²) in [7, 11) is 0. The molecule has 2 heterocycles. The molecular formula is C17H21N3. The number of hydrogen-bond donors (Lipinski definition) is 0. The van der Waals surface area contributed by atoms with Gasteiger partial charge in [-0.2, -0.15) is 5.10 Å². The molecule has 0 amide bonds. The molecule has 0 radical (unpaired) electrons. The van der Waals surface area contributed by atoms with Gasteiger partial charge < -0.3 is 0 Å². The van der Waals surface area contributed by atoms with Gasteiger partial charge in [0.2, 0.25) is 0 Å². The second-order valence-electron chi connectivity index (χ2n) is 4.91.